The summed E-state index contributed by atoms with van der Waals surface area (Å²) in [4.78, 5) is 26.7. The molecule has 0 bridgehead atoms. The molecule has 5 rings (SSSR count). The van der Waals surface area contributed by atoms with Crippen LogP contribution < -0.4 is 25.4 Å². The highest BCUT2D eigenvalue weighted by Gasteiger charge is 2.28. The van der Waals surface area contributed by atoms with Gasteiger partial charge in [-0.1, -0.05) is 19.1 Å². The molecule has 0 spiro atoms. The summed E-state index contributed by atoms with van der Waals surface area (Å²) < 4.78 is 11.8. The number of piperazine rings is 1. The Morgan fingerprint density at radius 1 is 1.13 bits per heavy atom. The lowest BCUT2D eigenvalue weighted by molar-refractivity contribution is -0.132. The van der Waals surface area contributed by atoms with E-state index in [1.807, 2.05) is 37.3 Å². The standard InChI is InChI=1S/C30H39N5O4/c1-20(30(31)37)26-19-34(16-15-32-26)23-10-7-21(8-11-23)18-35-29(36)14-12-25(33-35)22-9-13-27(38-2)28(17-22)39-24-5-3-4-6-24/h7-11,13,17,20,24,26,32H,3-6,12,14-16,18-19H2,1-2H3,(H2,31,37). The summed E-state index contributed by atoms with van der Waals surface area (Å²) in [5.41, 5.74) is 9.44. The highest BCUT2D eigenvalue weighted by Crippen LogP contribution is 2.33. The minimum atomic E-state index is -0.289. The highest BCUT2D eigenvalue weighted by atomic mass is 16.5. The molecule has 1 saturated carbocycles. The quantitative estimate of drug-likeness (QED) is 0.511. The van der Waals surface area contributed by atoms with E-state index in [-0.39, 0.29) is 29.9 Å². The van der Waals surface area contributed by atoms with Crippen molar-refractivity contribution in [2.45, 2.75) is 64.1 Å². The molecule has 2 amide bonds. The van der Waals surface area contributed by atoms with Gasteiger partial charge < -0.3 is 25.4 Å². The molecule has 208 valence electrons. The largest absolute Gasteiger partial charge is 0.493 e. The molecule has 3 aliphatic rings. The van der Waals surface area contributed by atoms with Crippen molar-refractivity contribution >= 4 is 23.2 Å². The maximum Gasteiger partial charge on any atom is 0.243 e. The molecular formula is C30H39N5O4. The summed E-state index contributed by atoms with van der Waals surface area (Å²) >= 11 is 0. The Morgan fingerprint density at radius 2 is 1.90 bits per heavy atom. The van der Waals surface area contributed by atoms with Crippen LogP contribution in [0.5, 0.6) is 11.5 Å². The smallest absolute Gasteiger partial charge is 0.243 e. The number of hydrogen-bond donors (Lipinski definition) is 2. The first-order chi connectivity index (χ1) is 18.9. The molecule has 2 atom stereocenters. The molecule has 2 aliphatic heterocycles. The second-order valence-corrected chi connectivity index (χ2v) is 10.8. The van der Waals surface area contributed by atoms with Crippen molar-refractivity contribution in [3.8, 4) is 11.5 Å². The fraction of sp³-hybridized carbons (Fsp3) is 0.500. The topological polar surface area (TPSA) is 109 Å². The number of nitrogens with two attached hydrogens (primary N) is 1. The zero-order valence-corrected chi connectivity index (χ0v) is 22.9. The molecule has 0 aromatic heterocycles. The third-order valence-corrected chi connectivity index (χ3v) is 8.09. The normalized spacial score (nSPS) is 21.0. The molecule has 2 aromatic rings. The number of carbonyl (C=O) groups is 2. The van der Waals surface area contributed by atoms with Crippen LogP contribution in [0.3, 0.4) is 0 Å². The van der Waals surface area contributed by atoms with Crippen LogP contribution in [0.4, 0.5) is 5.69 Å². The Morgan fingerprint density at radius 3 is 2.62 bits per heavy atom. The summed E-state index contributed by atoms with van der Waals surface area (Å²) in [6, 6.07) is 14.2. The van der Waals surface area contributed by atoms with Gasteiger partial charge in [0.1, 0.15) is 0 Å². The van der Waals surface area contributed by atoms with Crippen molar-refractivity contribution in [2.24, 2.45) is 16.8 Å². The Hall–Kier alpha value is -3.59. The highest BCUT2D eigenvalue weighted by molar-refractivity contribution is 6.04. The zero-order chi connectivity index (χ0) is 27.4. The third-order valence-electron chi connectivity index (χ3n) is 8.09. The average Bonchev–Trinajstić information content (AvgIpc) is 3.47. The van der Waals surface area contributed by atoms with E-state index in [1.54, 1.807) is 12.1 Å². The maximum absolute atomic E-state index is 12.8. The Labute approximate surface area is 230 Å². The number of rotatable bonds is 9. The van der Waals surface area contributed by atoms with E-state index >= 15 is 0 Å². The predicted molar refractivity (Wildman–Crippen MR) is 151 cm³/mol. The van der Waals surface area contributed by atoms with Gasteiger partial charge in [-0.05, 0) is 61.6 Å². The van der Waals surface area contributed by atoms with E-state index in [1.165, 1.54) is 12.8 Å². The third kappa shape index (κ3) is 6.36. The van der Waals surface area contributed by atoms with Crippen LogP contribution >= 0.6 is 0 Å². The lowest BCUT2D eigenvalue weighted by Crippen LogP contribution is -2.55. The number of nitrogens with zero attached hydrogens (tertiary/aromatic N) is 3. The van der Waals surface area contributed by atoms with Gasteiger partial charge in [-0.15, -0.1) is 0 Å². The second kappa shape index (κ2) is 12.1. The molecule has 1 saturated heterocycles. The van der Waals surface area contributed by atoms with Crippen molar-refractivity contribution in [1.82, 2.24) is 10.3 Å². The molecule has 2 fully saturated rings. The summed E-state index contributed by atoms with van der Waals surface area (Å²) in [5, 5.41) is 9.73. The van der Waals surface area contributed by atoms with Gasteiger partial charge in [0.05, 0.1) is 31.4 Å². The first-order valence-electron chi connectivity index (χ1n) is 14.0. The molecule has 9 nitrogen and oxygen atoms in total. The van der Waals surface area contributed by atoms with Crippen LogP contribution in [-0.2, 0) is 16.1 Å². The van der Waals surface area contributed by atoms with Gasteiger partial charge in [-0.2, -0.15) is 5.10 Å². The number of primary amides is 1. The molecule has 2 aromatic carbocycles. The number of ether oxygens (including phenoxy) is 2. The van der Waals surface area contributed by atoms with Crippen molar-refractivity contribution in [3.05, 3.63) is 53.6 Å². The van der Waals surface area contributed by atoms with Gasteiger partial charge in [0.15, 0.2) is 11.5 Å². The van der Waals surface area contributed by atoms with Crippen molar-refractivity contribution < 1.29 is 19.1 Å². The molecule has 3 N–H and O–H groups in total. The summed E-state index contributed by atoms with van der Waals surface area (Å²) in [6.45, 7) is 4.64. The predicted octanol–water partition coefficient (Wildman–Crippen LogP) is 3.44. The number of anilines is 1. The summed E-state index contributed by atoms with van der Waals surface area (Å²) in [7, 11) is 1.66. The van der Waals surface area contributed by atoms with Gasteiger partial charge in [0.25, 0.3) is 0 Å². The second-order valence-electron chi connectivity index (χ2n) is 10.8. The van der Waals surface area contributed by atoms with Crippen LogP contribution in [0.1, 0.15) is 56.6 Å². The molecule has 9 heteroatoms. The van der Waals surface area contributed by atoms with E-state index in [0.29, 0.717) is 19.4 Å². The Bertz CT molecular complexity index is 1210. The van der Waals surface area contributed by atoms with Crippen LogP contribution in [0.25, 0.3) is 0 Å². The molecule has 0 radical (unpaired) electrons. The minimum Gasteiger partial charge on any atom is -0.493 e. The first-order valence-corrected chi connectivity index (χ1v) is 14.0. The fourth-order valence-corrected chi connectivity index (χ4v) is 5.60. The van der Waals surface area contributed by atoms with E-state index in [4.69, 9.17) is 20.3 Å². The Balaban J connectivity index is 1.27. The van der Waals surface area contributed by atoms with E-state index in [0.717, 1.165) is 66.5 Å². The van der Waals surface area contributed by atoms with Crippen LogP contribution in [0, 0.1) is 5.92 Å². The lowest BCUT2D eigenvalue weighted by Gasteiger charge is -2.37. The minimum absolute atomic E-state index is 0.0177. The zero-order valence-electron chi connectivity index (χ0n) is 22.9. The molecule has 1 aliphatic carbocycles. The van der Waals surface area contributed by atoms with Crippen molar-refractivity contribution in [1.29, 1.82) is 0 Å². The summed E-state index contributed by atoms with van der Waals surface area (Å²) in [6.07, 6.45) is 5.76. The van der Waals surface area contributed by atoms with Gasteiger partial charge in [-0.3, -0.25) is 9.59 Å². The number of methoxy groups -OCH3 is 1. The van der Waals surface area contributed by atoms with Crippen LogP contribution in [0.2, 0.25) is 0 Å². The van der Waals surface area contributed by atoms with Crippen molar-refractivity contribution in [3.63, 3.8) is 0 Å². The SMILES string of the molecule is COc1ccc(C2=NN(Cc3ccc(N4CCNC(C(C)C(N)=O)C4)cc3)C(=O)CC2)cc1OC1CCCC1. The number of nitrogens with one attached hydrogen (secondary N) is 1. The number of amides is 2. The Kier molecular flexibility index (Phi) is 8.35. The lowest BCUT2D eigenvalue weighted by atomic mass is 9.98. The van der Waals surface area contributed by atoms with Gasteiger partial charge in [0, 0.05) is 49.8 Å². The monoisotopic (exact) mass is 533 g/mol. The van der Waals surface area contributed by atoms with Gasteiger partial charge >= 0.3 is 0 Å². The molecule has 2 unspecified atom stereocenters. The number of benzene rings is 2. The number of hydrogen-bond acceptors (Lipinski definition) is 7. The first kappa shape index (κ1) is 27.0. The molecule has 39 heavy (non-hydrogen) atoms. The average molecular weight is 534 g/mol. The molecular weight excluding hydrogens is 494 g/mol. The number of carbonyl (C=O) groups excluding carboxylic acids is 2. The van der Waals surface area contributed by atoms with Crippen LogP contribution in [0.15, 0.2) is 47.6 Å². The number of hydrazone groups is 1. The summed E-state index contributed by atoms with van der Waals surface area (Å²) in [5.74, 6) is 0.950. The maximum atomic E-state index is 12.8. The van der Waals surface area contributed by atoms with E-state index in [9.17, 15) is 9.59 Å². The van der Waals surface area contributed by atoms with Gasteiger partial charge in [0.2, 0.25) is 11.8 Å². The van der Waals surface area contributed by atoms with E-state index < -0.39 is 0 Å². The van der Waals surface area contributed by atoms with Crippen LogP contribution in [-0.4, -0.2) is 61.4 Å². The van der Waals surface area contributed by atoms with E-state index in [2.05, 4.69) is 22.3 Å². The fourth-order valence-electron chi connectivity index (χ4n) is 5.60. The van der Waals surface area contributed by atoms with Crippen molar-refractivity contribution in [2.75, 3.05) is 31.6 Å². The molecule has 2 heterocycles. The van der Waals surface area contributed by atoms with Gasteiger partial charge in [-0.25, -0.2) is 5.01 Å².